The molecule has 1 heterocycles. The van der Waals surface area contributed by atoms with Crippen LogP contribution in [0, 0.1) is 11.3 Å². The molecule has 4 nitrogen and oxygen atoms in total. The van der Waals surface area contributed by atoms with Crippen molar-refractivity contribution in [2.45, 2.75) is 25.7 Å². The van der Waals surface area contributed by atoms with Crippen molar-refractivity contribution in [2.24, 2.45) is 11.3 Å². The van der Waals surface area contributed by atoms with Crippen LogP contribution in [0.5, 0.6) is 0 Å². The van der Waals surface area contributed by atoms with Crippen molar-refractivity contribution in [1.82, 2.24) is 4.98 Å². The van der Waals surface area contributed by atoms with Gasteiger partial charge in [-0.1, -0.05) is 24.3 Å². The molecule has 108 valence electrons. The van der Waals surface area contributed by atoms with Crippen LogP contribution in [0.3, 0.4) is 0 Å². The van der Waals surface area contributed by atoms with Crippen LogP contribution < -0.4 is 5.32 Å². The maximum absolute atomic E-state index is 11.3. The number of pyridine rings is 1. The first-order valence-corrected chi connectivity index (χ1v) is 7.54. The minimum absolute atomic E-state index is 0.263. The van der Waals surface area contributed by atoms with Crippen molar-refractivity contribution in [2.75, 3.05) is 11.9 Å². The average Bonchev–Trinajstić information content (AvgIpc) is 3.37. The Labute approximate surface area is 123 Å². The number of rotatable bonds is 5. The highest BCUT2D eigenvalue weighted by atomic mass is 16.4. The monoisotopic (exact) mass is 282 g/mol. The summed E-state index contributed by atoms with van der Waals surface area (Å²) in [4.78, 5) is 15.6. The molecule has 0 unspecified atom stereocenters. The van der Waals surface area contributed by atoms with E-state index in [2.05, 4.69) is 10.3 Å². The van der Waals surface area contributed by atoms with Crippen molar-refractivity contribution in [3.05, 3.63) is 36.0 Å². The van der Waals surface area contributed by atoms with Gasteiger partial charge in [0.1, 0.15) is 5.82 Å². The van der Waals surface area contributed by atoms with E-state index in [4.69, 9.17) is 0 Å². The third kappa shape index (κ3) is 2.15. The van der Waals surface area contributed by atoms with Gasteiger partial charge in [0.15, 0.2) is 0 Å². The topological polar surface area (TPSA) is 62.2 Å². The maximum atomic E-state index is 11.3. The van der Waals surface area contributed by atoms with Gasteiger partial charge >= 0.3 is 5.97 Å². The summed E-state index contributed by atoms with van der Waals surface area (Å²) in [5, 5.41) is 14.4. The Kier molecular flexibility index (Phi) is 2.67. The van der Waals surface area contributed by atoms with Gasteiger partial charge in [-0.25, -0.2) is 9.78 Å². The second-order valence-electron chi connectivity index (χ2n) is 6.36. The Morgan fingerprint density at radius 2 is 2.00 bits per heavy atom. The number of fused-ring (bicyclic) bond motifs is 1. The lowest BCUT2D eigenvalue weighted by atomic mass is 10.0. The Bertz CT molecular complexity index is 718. The molecule has 4 heteroatoms. The highest BCUT2D eigenvalue weighted by Crippen LogP contribution is 2.61. The summed E-state index contributed by atoms with van der Waals surface area (Å²) < 4.78 is 0. The van der Waals surface area contributed by atoms with Gasteiger partial charge in [0.2, 0.25) is 0 Å². The molecular weight excluding hydrogens is 264 g/mol. The van der Waals surface area contributed by atoms with Crippen molar-refractivity contribution in [3.8, 4) is 0 Å². The van der Waals surface area contributed by atoms with Crippen LogP contribution in [0.2, 0.25) is 0 Å². The quantitative estimate of drug-likeness (QED) is 0.880. The number of aromatic nitrogens is 1. The maximum Gasteiger partial charge on any atom is 0.337 e. The number of aromatic carboxylic acids is 1. The summed E-state index contributed by atoms with van der Waals surface area (Å²) in [7, 11) is 0. The van der Waals surface area contributed by atoms with Gasteiger partial charge in [-0.05, 0) is 37.0 Å². The van der Waals surface area contributed by atoms with E-state index in [-0.39, 0.29) is 5.56 Å². The zero-order valence-corrected chi connectivity index (χ0v) is 11.8. The molecule has 4 rings (SSSR count). The van der Waals surface area contributed by atoms with Gasteiger partial charge in [0, 0.05) is 23.5 Å². The zero-order valence-electron chi connectivity index (χ0n) is 11.8. The molecule has 2 aromatic rings. The van der Waals surface area contributed by atoms with E-state index < -0.39 is 5.97 Å². The van der Waals surface area contributed by atoms with Crippen molar-refractivity contribution in [1.29, 1.82) is 0 Å². The van der Waals surface area contributed by atoms with Gasteiger partial charge in [0.25, 0.3) is 0 Å². The molecule has 2 aliphatic carbocycles. The van der Waals surface area contributed by atoms with Gasteiger partial charge in [-0.3, -0.25) is 0 Å². The third-order valence-corrected chi connectivity index (χ3v) is 4.97. The van der Waals surface area contributed by atoms with Gasteiger partial charge in [0.05, 0.1) is 5.56 Å². The highest BCUT2D eigenvalue weighted by Gasteiger charge is 2.53. The van der Waals surface area contributed by atoms with Crippen molar-refractivity contribution >= 4 is 22.6 Å². The molecule has 0 amide bonds. The Morgan fingerprint density at radius 3 is 2.62 bits per heavy atom. The minimum atomic E-state index is -0.929. The number of carboxylic acid groups (broad SMARTS) is 1. The van der Waals surface area contributed by atoms with Crippen LogP contribution in [0.4, 0.5) is 5.82 Å². The molecule has 2 aliphatic rings. The molecule has 1 aromatic heterocycles. The second-order valence-corrected chi connectivity index (χ2v) is 6.36. The molecule has 2 N–H and O–H groups in total. The first-order valence-electron chi connectivity index (χ1n) is 7.54. The molecule has 0 radical (unpaired) electrons. The lowest BCUT2D eigenvalue weighted by Gasteiger charge is -2.17. The van der Waals surface area contributed by atoms with E-state index in [0.29, 0.717) is 5.41 Å². The lowest BCUT2D eigenvalue weighted by molar-refractivity contribution is 0.0698. The van der Waals surface area contributed by atoms with Gasteiger partial charge in [-0.15, -0.1) is 0 Å². The van der Waals surface area contributed by atoms with Crippen LogP contribution in [-0.4, -0.2) is 22.6 Å². The van der Waals surface area contributed by atoms with E-state index in [0.717, 1.165) is 29.1 Å². The number of carbonyl (C=O) groups is 1. The molecule has 0 aliphatic heterocycles. The van der Waals surface area contributed by atoms with E-state index in [9.17, 15) is 9.90 Å². The van der Waals surface area contributed by atoms with Crippen molar-refractivity contribution < 1.29 is 9.90 Å². The van der Waals surface area contributed by atoms with E-state index in [1.54, 1.807) is 0 Å². The summed E-state index contributed by atoms with van der Waals surface area (Å²) in [6.07, 6.45) is 6.83. The number of hydrogen-bond donors (Lipinski definition) is 2. The number of carboxylic acids is 1. The lowest BCUT2D eigenvalue weighted by Crippen LogP contribution is -2.18. The molecule has 2 saturated carbocycles. The Morgan fingerprint density at radius 1 is 1.29 bits per heavy atom. The van der Waals surface area contributed by atoms with Crippen LogP contribution >= 0.6 is 0 Å². The SMILES string of the molecule is O=C(O)c1cnc(NCC2(C3CC3)CC2)c2ccccc12. The fourth-order valence-electron chi connectivity index (χ4n) is 3.35. The second kappa shape index (κ2) is 4.45. The molecule has 0 saturated heterocycles. The minimum Gasteiger partial charge on any atom is -0.478 e. The van der Waals surface area contributed by atoms with Crippen molar-refractivity contribution in [3.63, 3.8) is 0 Å². The van der Waals surface area contributed by atoms with E-state index in [1.165, 1.54) is 31.9 Å². The summed E-state index contributed by atoms with van der Waals surface area (Å²) in [6, 6.07) is 7.58. The highest BCUT2D eigenvalue weighted by molar-refractivity contribution is 6.06. The van der Waals surface area contributed by atoms with Crippen LogP contribution in [0.1, 0.15) is 36.0 Å². The smallest absolute Gasteiger partial charge is 0.337 e. The largest absolute Gasteiger partial charge is 0.478 e. The van der Waals surface area contributed by atoms with Gasteiger partial charge in [-0.2, -0.15) is 0 Å². The summed E-state index contributed by atoms with van der Waals surface area (Å²) >= 11 is 0. The zero-order chi connectivity index (χ0) is 14.4. The fraction of sp³-hybridized carbons (Fsp3) is 0.412. The van der Waals surface area contributed by atoms with Gasteiger partial charge < -0.3 is 10.4 Å². The molecule has 0 bridgehead atoms. The standard InChI is InChI=1S/C17H18N2O2/c20-16(21)14-9-18-15(13-4-2-1-3-12(13)14)19-10-17(7-8-17)11-5-6-11/h1-4,9,11H,5-8,10H2,(H,18,19)(H,20,21). The molecular formula is C17H18N2O2. The number of benzene rings is 1. The first kappa shape index (κ1) is 12.6. The number of hydrogen-bond acceptors (Lipinski definition) is 3. The first-order chi connectivity index (χ1) is 10.2. The Hall–Kier alpha value is -2.10. The predicted octanol–water partition coefficient (Wildman–Crippen LogP) is 3.54. The summed E-state index contributed by atoms with van der Waals surface area (Å²) in [5.41, 5.74) is 0.758. The van der Waals surface area contributed by atoms with Crippen LogP contribution in [-0.2, 0) is 0 Å². The average molecular weight is 282 g/mol. The molecule has 0 atom stereocenters. The Balaban J connectivity index is 1.66. The summed E-state index contributed by atoms with van der Waals surface area (Å²) in [5.74, 6) is 0.777. The van der Waals surface area contributed by atoms with Crippen LogP contribution in [0.25, 0.3) is 10.8 Å². The molecule has 0 spiro atoms. The van der Waals surface area contributed by atoms with Crippen LogP contribution in [0.15, 0.2) is 30.5 Å². The normalized spacial score (nSPS) is 19.4. The molecule has 1 aromatic carbocycles. The third-order valence-electron chi connectivity index (χ3n) is 4.97. The fourth-order valence-corrected chi connectivity index (χ4v) is 3.35. The van der Waals surface area contributed by atoms with E-state index >= 15 is 0 Å². The number of anilines is 1. The summed E-state index contributed by atoms with van der Waals surface area (Å²) in [6.45, 7) is 0.959. The number of nitrogens with one attached hydrogen (secondary N) is 1. The number of nitrogens with zero attached hydrogens (tertiary/aromatic N) is 1. The van der Waals surface area contributed by atoms with E-state index in [1.807, 2.05) is 24.3 Å². The predicted molar refractivity (Wildman–Crippen MR) is 81.6 cm³/mol. The molecule has 21 heavy (non-hydrogen) atoms. The molecule has 2 fully saturated rings.